The largest absolute Gasteiger partial charge is 0.490 e. The van der Waals surface area contributed by atoms with Gasteiger partial charge in [0, 0.05) is 47.8 Å². The predicted molar refractivity (Wildman–Crippen MR) is 142 cm³/mol. The first-order chi connectivity index (χ1) is 18.0. The fourth-order valence-corrected chi connectivity index (χ4v) is 4.06. The summed E-state index contributed by atoms with van der Waals surface area (Å²) in [6.45, 7) is 5.25. The molecule has 0 aliphatic rings. The van der Waals surface area contributed by atoms with Crippen LogP contribution in [0.25, 0.3) is 10.9 Å². The van der Waals surface area contributed by atoms with Crippen molar-refractivity contribution in [1.82, 2.24) is 9.55 Å². The van der Waals surface area contributed by atoms with Gasteiger partial charge in [-0.2, -0.15) is 13.2 Å². The number of aromatic nitrogens is 2. The van der Waals surface area contributed by atoms with Crippen LogP contribution >= 0.6 is 0 Å². The Balaban J connectivity index is 0.000000505. The molecule has 2 N–H and O–H groups in total. The number of carbonyl (C=O) groups is 2. The lowest BCUT2D eigenvalue weighted by Crippen LogP contribution is -2.21. The second kappa shape index (κ2) is 12.3. The molecule has 0 aliphatic heterocycles. The summed E-state index contributed by atoms with van der Waals surface area (Å²) < 4.78 is 34.1. The van der Waals surface area contributed by atoms with Gasteiger partial charge in [-0.15, -0.1) is 0 Å². The number of hydrogen-bond donors (Lipinski definition) is 2. The Morgan fingerprint density at radius 1 is 1.03 bits per heavy atom. The molecule has 0 spiro atoms. The van der Waals surface area contributed by atoms with E-state index in [4.69, 9.17) is 9.90 Å². The maximum Gasteiger partial charge on any atom is 0.490 e. The van der Waals surface area contributed by atoms with E-state index in [1.54, 1.807) is 6.20 Å². The van der Waals surface area contributed by atoms with E-state index in [9.17, 15) is 18.0 Å². The second-order valence-electron chi connectivity index (χ2n) is 8.55. The predicted octanol–water partition coefficient (Wildman–Crippen LogP) is 6.34. The topological polar surface area (TPSA) is 87.5 Å². The first-order valence-electron chi connectivity index (χ1n) is 11.9. The number of aryl methyl sites for hydroxylation is 1. The Hall–Kier alpha value is -4.34. The summed E-state index contributed by atoms with van der Waals surface area (Å²) in [6.07, 6.45) is -1.89. The van der Waals surface area contributed by atoms with Gasteiger partial charge >= 0.3 is 12.1 Å². The van der Waals surface area contributed by atoms with Crippen molar-refractivity contribution in [2.75, 3.05) is 17.3 Å². The lowest BCUT2D eigenvalue weighted by atomic mass is 10.1. The van der Waals surface area contributed by atoms with Gasteiger partial charge < -0.3 is 19.9 Å². The summed E-state index contributed by atoms with van der Waals surface area (Å²) in [5.41, 5.74) is 5.28. The van der Waals surface area contributed by atoms with Gasteiger partial charge in [-0.1, -0.05) is 31.2 Å². The maximum absolute atomic E-state index is 12.8. The summed E-state index contributed by atoms with van der Waals surface area (Å²) in [6, 6.07) is 22.0. The third-order valence-electron chi connectivity index (χ3n) is 5.92. The highest BCUT2D eigenvalue weighted by molar-refractivity contribution is 5.96. The zero-order valence-corrected chi connectivity index (χ0v) is 21.3. The number of halogens is 3. The molecular formula is C28H29F3N4O3. The third kappa shape index (κ3) is 6.90. The van der Waals surface area contributed by atoms with Crippen LogP contribution in [0.3, 0.4) is 0 Å². The highest BCUT2D eigenvalue weighted by Crippen LogP contribution is 2.27. The SMILES string of the molecule is CCCn1c(C)c(CC(=O)Nc2ccc(N(C)c3ccccn3)cc2)c2ccccc21.O=C(O)C(F)(F)F. The average Bonchev–Trinajstić information content (AvgIpc) is 3.15. The Morgan fingerprint density at radius 2 is 1.66 bits per heavy atom. The number of amides is 1. The van der Waals surface area contributed by atoms with Crippen LogP contribution in [0, 0.1) is 6.92 Å². The summed E-state index contributed by atoms with van der Waals surface area (Å²) in [5.74, 6) is -1.89. The van der Waals surface area contributed by atoms with Crippen LogP contribution in [0.2, 0.25) is 0 Å². The number of nitrogens with zero attached hydrogens (tertiary/aromatic N) is 3. The van der Waals surface area contributed by atoms with Gasteiger partial charge in [0.2, 0.25) is 5.91 Å². The number of hydrogen-bond acceptors (Lipinski definition) is 4. The molecule has 2 aromatic heterocycles. The molecule has 0 fully saturated rings. The zero-order chi connectivity index (χ0) is 27.9. The van der Waals surface area contributed by atoms with Gasteiger partial charge in [-0.3, -0.25) is 4.79 Å². The fraction of sp³-hybridized carbons (Fsp3) is 0.250. The monoisotopic (exact) mass is 526 g/mol. The fourth-order valence-electron chi connectivity index (χ4n) is 4.06. The van der Waals surface area contributed by atoms with Gasteiger partial charge in [-0.25, -0.2) is 9.78 Å². The van der Waals surface area contributed by atoms with E-state index in [1.165, 1.54) is 11.2 Å². The highest BCUT2D eigenvalue weighted by Gasteiger charge is 2.38. The first-order valence-corrected chi connectivity index (χ1v) is 11.9. The molecule has 2 heterocycles. The van der Waals surface area contributed by atoms with Crippen molar-refractivity contribution in [3.63, 3.8) is 0 Å². The Kier molecular flexibility index (Phi) is 9.11. The van der Waals surface area contributed by atoms with Crippen molar-refractivity contribution in [3.05, 3.63) is 84.2 Å². The minimum atomic E-state index is -5.08. The van der Waals surface area contributed by atoms with E-state index in [0.29, 0.717) is 6.42 Å². The van der Waals surface area contributed by atoms with Gasteiger partial charge in [0.1, 0.15) is 5.82 Å². The van der Waals surface area contributed by atoms with Gasteiger partial charge in [-0.05, 0) is 61.4 Å². The van der Waals surface area contributed by atoms with Gasteiger partial charge in [0.05, 0.1) is 6.42 Å². The smallest absolute Gasteiger partial charge is 0.475 e. The number of carbonyl (C=O) groups excluding carboxylic acids is 1. The average molecular weight is 527 g/mol. The van der Waals surface area contributed by atoms with Crippen LogP contribution in [0.4, 0.5) is 30.4 Å². The molecule has 0 radical (unpaired) electrons. The second-order valence-corrected chi connectivity index (χ2v) is 8.55. The number of carboxylic acid groups (broad SMARTS) is 1. The van der Waals surface area contributed by atoms with E-state index in [1.807, 2.05) is 60.5 Å². The Morgan fingerprint density at radius 3 is 2.24 bits per heavy atom. The van der Waals surface area contributed by atoms with Crippen LogP contribution in [-0.4, -0.2) is 39.8 Å². The lowest BCUT2D eigenvalue weighted by Gasteiger charge is -2.18. The summed E-state index contributed by atoms with van der Waals surface area (Å²) >= 11 is 0. The van der Waals surface area contributed by atoms with E-state index in [-0.39, 0.29) is 5.91 Å². The van der Waals surface area contributed by atoms with E-state index in [0.717, 1.165) is 41.1 Å². The van der Waals surface area contributed by atoms with Gasteiger partial charge in [0.25, 0.3) is 0 Å². The summed E-state index contributed by atoms with van der Waals surface area (Å²) in [4.78, 5) is 28.1. The van der Waals surface area contributed by atoms with Crippen molar-refractivity contribution in [2.45, 2.75) is 39.4 Å². The number of aliphatic carboxylic acids is 1. The minimum Gasteiger partial charge on any atom is -0.475 e. The quantitative estimate of drug-likeness (QED) is 0.294. The molecule has 4 rings (SSSR count). The number of para-hydroxylation sites is 1. The normalized spacial score (nSPS) is 11.0. The number of pyridine rings is 1. The van der Waals surface area contributed by atoms with Crippen LogP contribution in [0.1, 0.15) is 24.6 Å². The maximum atomic E-state index is 12.8. The molecule has 0 saturated carbocycles. The standard InChI is InChI=1S/C26H28N4O.C2HF3O2/c1-4-17-30-19(2)23(22-9-5-6-10-24(22)30)18-26(31)28-20-12-14-21(15-13-20)29(3)25-11-7-8-16-27-25;3-2(4,5)1(6)7/h5-16H,4,17-18H2,1-3H3,(H,28,31);(H,6,7). The van der Waals surface area contributed by atoms with Crippen molar-refractivity contribution < 1.29 is 27.9 Å². The zero-order valence-electron chi connectivity index (χ0n) is 21.3. The number of carboxylic acids is 1. The Bertz CT molecular complexity index is 1380. The van der Waals surface area contributed by atoms with Crippen molar-refractivity contribution in [3.8, 4) is 0 Å². The number of rotatable bonds is 7. The molecule has 4 aromatic rings. The number of nitrogens with one attached hydrogen (secondary N) is 1. The van der Waals surface area contributed by atoms with Crippen molar-refractivity contribution >= 4 is 40.0 Å². The number of benzene rings is 2. The molecule has 2 aromatic carbocycles. The van der Waals surface area contributed by atoms with Crippen LogP contribution < -0.4 is 10.2 Å². The highest BCUT2D eigenvalue weighted by atomic mass is 19.4. The number of alkyl halides is 3. The lowest BCUT2D eigenvalue weighted by molar-refractivity contribution is -0.192. The molecule has 200 valence electrons. The van der Waals surface area contributed by atoms with E-state index < -0.39 is 12.1 Å². The Labute approximate surface area is 218 Å². The summed E-state index contributed by atoms with van der Waals surface area (Å²) in [7, 11) is 1.98. The van der Waals surface area contributed by atoms with E-state index >= 15 is 0 Å². The number of anilines is 3. The van der Waals surface area contributed by atoms with Crippen molar-refractivity contribution in [1.29, 1.82) is 0 Å². The van der Waals surface area contributed by atoms with Crippen LogP contribution in [0.15, 0.2) is 72.9 Å². The molecule has 0 bridgehead atoms. The third-order valence-corrected chi connectivity index (χ3v) is 5.92. The molecule has 0 unspecified atom stereocenters. The van der Waals surface area contributed by atoms with Gasteiger partial charge in [0.15, 0.2) is 0 Å². The molecule has 1 amide bonds. The molecule has 0 saturated heterocycles. The van der Waals surface area contributed by atoms with Crippen LogP contribution in [0.5, 0.6) is 0 Å². The van der Waals surface area contributed by atoms with Crippen molar-refractivity contribution in [2.24, 2.45) is 0 Å². The molecule has 10 heteroatoms. The minimum absolute atomic E-state index is 0.00617. The number of fused-ring (bicyclic) bond motifs is 1. The summed E-state index contributed by atoms with van der Waals surface area (Å²) in [5, 5.41) is 11.3. The molecular weight excluding hydrogens is 497 g/mol. The van der Waals surface area contributed by atoms with E-state index in [2.05, 4.69) is 46.9 Å². The molecule has 0 atom stereocenters. The molecule has 0 aliphatic carbocycles. The molecule has 38 heavy (non-hydrogen) atoms. The van der Waals surface area contributed by atoms with Crippen LogP contribution in [-0.2, 0) is 22.6 Å². The first kappa shape index (κ1) is 28.2. The molecule has 7 nitrogen and oxygen atoms in total.